The van der Waals surface area contributed by atoms with E-state index in [1.165, 1.54) is 42.7 Å². The fourth-order valence-electron chi connectivity index (χ4n) is 3.66. The van der Waals surface area contributed by atoms with Crippen LogP contribution < -0.4 is 31.8 Å². The van der Waals surface area contributed by atoms with Crippen LogP contribution in [0.3, 0.4) is 0 Å². The normalized spacial score (nSPS) is 12.7. The van der Waals surface area contributed by atoms with Crippen LogP contribution in [0.4, 0.5) is 0 Å². The number of hydrogen-bond acceptors (Lipinski definition) is 9. The zero-order valence-corrected chi connectivity index (χ0v) is 25.0. The fourth-order valence-corrected chi connectivity index (χ4v) is 9.15. The molecule has 0 bridgehead atoms. The van der Waals surface area contributed by atoms with Crippen LogP contribution >= 0.6 is 30.7 Å². The summed E-state index contributed by atoms with van der Waals surface area (Å²) in [5, 5.41) is 4.14. The third kappa shape index (κ3) is 6.24. The quantitative estimate of drug-likeness (QED) is 0.293. The average molecular weight is 586 g/mol. The molecule has 9 nitrogen and oxygen atoms in total. The molecule has 0 heterocycles. The van der Waals surface area contributed by atoms with Crippen molar-refractivity contribution in [2.45, 2.75) is 0 Å². The van der Waals surface area contributed by atoms with Gasteiger partial charge in [-0.1, -0.05) is 36.4 Å². The average Bonchev–Trinajstić information content (AvgIpc) is 2.97. The Morgan fingerprint density at radius 1 is 0.405 bits per heavy atom. The molecule has 0 saturated carbocycles. The molecule has 13 heteroatoms. The molecule has 0 radical (unpaired) electrons. The smallest absolute Gasteiger partial charge is 0.309 e. The topological polar surface area (TPSA) is 107 Å². The molecule has 0 spiro atoms. The molecule has 0 aliphatic rings. The van der Waals surface area contributed by atoms with Gasteiger partial charge in [0, 0.05) is 42.7 Å². The minimum absolute atomic E-state index is 0.434. The molecule has 0 fully saturated rings. The van der Waals surface area contributed by atoms with Crippen LogP contribution in [-0.4, -0.2) is 42.7 Å². The Balaban J connectivity index is 2.11. The molecule has 0 aliphatic carbocycles. The van der Waals surface area contributed by atoms with Gasteiger partial charge in [-0.3, -0.25) is 13.7 Å². The molecule has 0 atom stereocenters. The van der Waals surface area contributed by atoms with Crippen molar-refractivity contribution < 1.29 is 40.8 Å². The van der Waals surface area contributed by atoms with Crippen molar-refractivity contribution in [3.8, 4) is 0 Å². The number of hydrogen-bond donors (Lipinski definition) is 0. The van der Waals surface area contributed by atoms with Gasteiger partial charge in [-0.25, -0.2) is 0 Å². The lowest BCUT2D eigenvalue weighted by molar-refractivity contribution is 0.286. The van der Waals surface area contributed by atoms with Crippen LogP contribution in [0.5, 0.6) is 0 Å². The molecule has 200 valence electrons. The van der Waals surface area contributed by atoms with Crippen LogP contribution in [0.25, 0.3) is 0 Å². The van der Waals surface area contributed by atoms with Crippen molar-refractivity contribution in [2.75, 3.05) is 42.7 Å². The van der Waals surface area contributed by atoms with Crippen LogP contribution in [-0.2, 0) is 40.8 Å². The van der Waals surface area contributed by atoms with Gasteiger partial charge in [0.05, 0.1) is 15.9 Å². The summed E-state index contributed by atoms with van der Waals surface area (Å²) in [7, 11) is -3.31. The summed E-state index contributed by atoms with van der Waals surface area (Å²) in [5.41, 5.74) is 0. The van der Waals surface area contributed by atoms with Gasteiger partial charge in [-0.15, -0.1) is 0 Å². The number of rotatable bonds is 12. The number of benzene rings is 3. The van der Waals surface area contributed by atoms with E-state index in [1.807, 2.05) is 36.4 Å². The first-order valence-corrected chi connectivity index (χ1v) is 16.9. The Labute approximate surface area is 218 Å². The molecule has 37 heavy (non-hydrogen) atoms. The van der Waals surface area contributed by atoms with Crippen LogP contribution in [0.15, 0.2) is 72.8 Å². The first-order valence-electron chi connectivity index (χ1n) is 10.9. The van der Waals surface area contributed by atoms with E-state index in [2.05, 4.69) is 0 Å². The van der Waals surface area contributed by atoms with Crippen molar-refractivity contribution in [3.63, 3.8) is 0 Å². The maximum absolute atomic E-state index is 12.8. The summed E-state index contributed by atoms with van der Waals surface area (Å²) in [4.78, 5) is 0. The predicted octanol–water partition coefficient (Wildman–Crippen LogP) is 3.78. The summed E-state index contributed by atoms with van der Waals surface area (Å²) in [5.74, 6) is 0. The van der Waals surface area contributed by atoms with E-state index in [9.17, 15) is 13.7 Å². The van der Waals surface area contributed by atoms with E-state index in [1.54, 1.807) is 36.4 Å². The SMILES string of the molecule is COP(=O)(OC)c1ccc(P(c2ccc(P(=O)(OC)OC)cc2)c2ccc(P(=O)(OC)OC)cc2)cc1. The molecule has 0 saturated heterocycles. The second-order valence-electron chi connectivity index (χ2n) is 7.47. The van der Waals surface area contributed by atoms with Gasteiger partial charge < -0.3 is 27.1 Å². The van der Waals surface area contributed by atoms with Gasteiger partial charge in [0.15, 0.2) is 0 Å². The summed E-state index contributed by atoms with van der Waals surface area (Å²) in [6, 6.07) is 21.5. The van der Waals surface area contributed by atoms with Crippen molar-refractivity contribution in [2.24, 2.45) is 0 Å². The maximum atomic E-state index is 12.8. The van der Waals surface area contributed by atoms with E-state index in [0.717, 1.165) is 15.9 Å². The standard InChI is InChI=1S/C24H30O9P4/c1-28-35(25,29-2)22-13-7-19(8-14-22)34(20-9-15-23(16-10-20)36(26,30-3)31-4)21-11-17-24(18-12-21)37(27,32-5)33-6/h7-18H,1-6H3. The van der Waals surface area contributed by atoms with E-state index < -0.39 is 30.7 Å². The van der Waals surface area contributed by atoms with E-state index >= 15 is 0 Å². The molecular formula is C24H30O9P4. The van der Waals surface area contributed by atoms with Crippen LogP contribution in [0.1, 0.15) is 0 Å². The maximum Gasteiger partial charge on any atom is 0.360 e. The van der Waals surface area contributed by atoms with E-state index in [4.69, 9.17) is 27.1 Å². The highest BCUT2D eigenvalue weighted by Crippen LogP contribution is 2.47. The molecule has 0 amide bonds. The highest BCUT2D eigenvalue weighted by molar-refractivity contribution is 7.79. The summed E-state index contributed by atoms with van der Waals surface area (Å²) in [6.07, 6.45) is 0. The van der Waals surface area contributed by atoms with E-state index in [0.29, 0.717) is 15.9 Å². The fraction of sp³-hybridized carbons (Fsp3) is 0.250. The molecule has 3 aromatic carbocycles. The summed E-state index contributed by atoms with van der Waals surface area (Å²) < 4.78 is 69.1. The van der Waals surface area contributed by atoms with Gasteiger partial charge in [0.1, 0.15) is 0 Å². The van der Waals surface area contributed by atoms with Crippen molar-refractivity contribution in [1.29, 1.82) is 0 Å². The first kappa shape index (κ1) is 30.1. The monoisotopic (exact) mass is 586 g/mol. The van der Waals surface area contributed by atoms with Gasteiger partial charge in [-0.2, -0.15) is 0 Å². The second kappa shape index (κ2) is 12.6. The molecule has 0 unspecified atom stereocenters. The lowest BCUT2D eigenvalue weighted by Gasteiger charge is -2.22. The van der Waals surface area contributed by atoms with E-state index in [-0.39, 0.29) is 0 Å². The third-order valence-corrected chi connectivity index (χ3v) is 13.8. The predicted molar refractivity (Wildman–Crippen MR) is 149 cm³/mol. The Bertz CT molecular complexity index is 1140. The Kier molecular flexibility index (Phi) is 10.2. The molecule has 3 aromatic rings. The van der Waals surface area contributed by atoms with Crippen LogP contribution in [0.2, 0.25) is 0 Å². The molecule has 0 N–H and O–H groups in total. The van der Waals surface area contributed by atoms with Gasteiger partial charge >= 0.3 is 22.8 Å². The molecule has 0 aromatic heterocycles. The van der Waals surface area contributed by atoms with Gasteiger partial charge in [0.25, 0.3) is 0 Å². The molecular weight excluding hydrogens is 556 g/mol. The highest BCUT2D eigenvalue weighted by atomic mass is 31.2. The largest absolute Gasteiger partial charge is 0.360 e. The lowest BCUT2D eigenvalue weighted by Crippen LogP contribution is -2.24. The van der Waals surface area contributed by atoms with Crippen molar-refractivity contribution in [1.82, 2.24) is 0 Å². The van der Waals surface area contributed by atoms with Crippen molar-refractivity contribution >= 4 is 62.5 Å². The minimum atomic E-state index is -3.40. The van der Waals surface area contributed by atoms with Crippen LogP contribution in [0, 0.1) is 0 Å². The van der Waals surface area contributed by atoms with Crippen molar-refractivity contribution in [3.05, 3.63) is 72.8 Å². The highest BCUT2D eigenvalue weighted by Gasteiger charge is 2.28. The first-order chi connectivity index (χ1) is 17.6. The Morgan fingerprint density at radius 3 is 0.757 bits per heavy atom. The Hall–Kier alpha value is -1.46. The summed E-state index contributed by atoms with van der Waals surface area (Å²) >= 11 is 0. The van der Waals surface area contributed by atoms with Gasteiger partial charge in [-0.05, 0) is 60.2 Å². The Morgan fingerprint density at radius 2 is 0.595 bits per heavy atom. The molecule has 0 aliphatic heterocycles. The summed E-state index contributed by atoms with van der Waals surface area (Å²) in [6.45, 7) is 0. The minimum Gasteiger partial charge on any atom is -0.309 e. The zero-order valence-electron chi connectivity index (χ0n) is 21.4. The lowest BCUT2D eigenvalue weighted by atomic mass is 10.3. The second-order valence-corrected chi connectivity index (χ2v) is 16.4. The third-order valence-electron chi connectivity index (χ3n) is 5.71. The van der Waals surface area contributed by atoms with Gasteiger partial charge in [0.2, 0.25) is 0 Å². The zero-order chi connectivity index (χ0) is 27.3. The molecule has 3 rings (SSSR count).